The van der Waals surface area contributed by atoms with E-state index in [0.29, 0.717) is 11.7 Å². The van der Waals surface area contributed by atoms with Gasteiger partial charge in [-0.15, -0.1) is 0 Å². The molecule has 0 bridgehead atoms. The topological polar surface area (TPSA) is 49.5 Å². The molecule has 4 heteroatoms. The highest BCUT2D eigenvalue weighted by Gasteiger charge is 2.24. The van der Waals surface area contributed by atoms with Crippen LogP contribution in [0.4, 0.5) is 0 Å². The zero-order chi connectivity index (χ0) is 14.9. The average Bonchev–Trinajstić information content (AvgIpc) is 2.79. The summed E-state index contributed by atoms with van der Waals surface area (Å²) >= 11 is 0. The molecule has 1 aromatic heterocycles. The number of nitrogens with zero attached hydrogens (tertiary/aromatic N) is 2. The number of hydrogen-bond donors (Lipinski definition) is 1. The van der Waals surface area contributed by atoms with E-state index in [2.05, 4.69) is 22.2 Å². The summed E-state index contributed by atoms with van der Waals surface area (Å²) in [5, 5.41) is 13.9. The molecule has 1 fully saturated rings. The first-order chi connectivity index (χ1) is 10.8. The lowest BCUT2D eigenvalue weighted by atomic mass is 9.83. The van der Waals surface area contributed by atoms with Crippen molar-refractivity contribution in [2.45, 2.75) is 44.6 Å². The van der Waals surface area contributed by atoms with Gasteiger partial charge in [0.2, 0.25) is 0 Å². The summed E-state index contributed by atoms with van der Waals surface area (Å²) in [5.41, 5.74) is 3.68. The van der Waals surface area contributed by atoms with Gasteiger partial charge in [-0.25, -0.2) is 0 Å². The Morgan fingerprint density at radius 3 is 2.73 bits per heavy atom. The summed E-state index contributed by atoms with van der Waals surface area (Å²) < 4.78 is 5.51. The van der Waals surface area contributed by atoms with E-state index < -0.39 is 0 Å². The Kier molecular flexibility index (Phi) is 3.62. The molecule has 4 nitrogen and oxygen atoms in total. The third-order valence-electron chi connectivity index (χ3n) is 5.05. The average molecular weight is 298 g/mol. The van der Waals surface area contributed by atoms with Gasteiger partial charge in [-0.3, -0.25) is 4.90 Å². The second-order valence-corrected chi connectivity index (χ2v) is 6.58. The molecule has 2 heterocycles. The number of phenols is 1. The largest absolute Gasteiger partial charge is 0.508 e. The predicted octanol–water partition coefficient (Wildman–Crippen LogP) is 3.25. The van der Waals surface area contributed by atoms with E-state index in [1.165, 1.54) is 30.4 Å². The molecular weight excluding hydrogens is 276 g/mol. The van der Waals surface area contributed by atoms with E-state index in [0.717, 1.165) is 43.9 Å². The van der Waals surface area contributed by atoms with Crippen LogP contribution >= 0.6 is 0 Å². The third-order valence-corrected chi connectivity index (χ3v) is 5.05. The standard InChI is InChI=1S/C18H22N2O2/c21-17-5-4-13-6-8-20(9-7-15(13)10-17)12-16-11-18(22-19-16)14-2-1-3-14/h4-5,10-11,14,21H,1-3,6-9,12H2. The van der Waals surface area contributed by atoms with Crippen LogP contribution in [-0.2, 0) is 19.4 Å². The number of rotatable bonds is 3. The van der Waals surface area contributed by atoms with Crippen LogP contribution in [0.15, 0.2) is 28.8 Å². The van der Waals surface area contributed by atoms with Crippen molar-refractivity contribution in [2.75, 3.05) is 13.1 Å². The van der Waals surface area contributed by atoms with Crippen molar-refractivity contribution < 1.29 is 9.63 Å². The number of hydrogen-bond acceptors (Lipinski definition) is 4. The van der Waals surface area contributed by atoms with Gasteiger partial charge in [-0.05, 0) is 48.9 Å². The second kappa shape index (κ2) is 5.76. The molecule has 2 aromatic rings. The van der Waals surface area contributed by atoms with Gasteiger partial charge in [0.05, 0.1) is 5.69 Å². The van der Waals surface area contributed by atoms with Crippen molar-refractivity contribution in [2.24, 2.45) is 0 Å². The van der Waals surface area contributed by atoms with Gasteiger partial charge in [0.15, 0.2) is 0 Å². The quantitative estimate of drug-likeness (QED) is 0.945. The highest BCUT2D eigenvalue weighted by Crippen LogP contribution is 2.36. The van der Waals surface area contributed by atoms with E-state index >= 15 is 0 Å². The molecule has 1 aliphatic heterocycles. The molecule has 2 aliphatic rings. The summed E-state index contributed by atoms with van der Waals surface area (Å²) in [7, 11) is 0. The first-order valence-corrected chi connectivity index (χ1v) is 8.26. The molecule has 116 valence electrons. The van der Waals surface area contributed by atoms with Crippen molar-refractivity contribution in [1.29, 1.82) is 0 Å². The molecule has 4 rings (SSSR count). The van der Waals surface area contributed by atoms with Crippen LogP contribution in [0.5, 0.6) is 5.75 Å². The highest BCUT2D eigenvalue weighted by molar-refractivity contribution is 5.36. The monoisotopic (exact) mass is 298 g/mol. The Bertz CT molecular complexity index is 661. The SMILES string of the molecule is Oc1ccc2c(c1)CCN(Cc1cc(C3CCC3)on1)CC2. The number of phenolic OH excluding ortho intramolecular Hbond substituents is 1. The van der Waals surface area contributed by atoms with E-state index in [4.69, 9.17) is 4.52 Å². The van der Waals surface area contributed by atoms with Gasteiger partial charge in [0.1, 0.15) is 11.5 Å². The van der Waals surface area contributed by atoms with Crippen LogP contribution in [0, 0.1) is 0 Å². The minimum absolute atomic E-state index is 0.369. The maximum atomic E-state index is 9.63. The zero-order valence-electron chi connectivity index (χ0n) is 12.8. The Morgan fingerprint density at radius 2 is 1.95 bits per heavy atom. The third kappa shape index (κ3) is 2.75. The lowest BCUT2D eigenvalue weighted by molar-refractivity contribution is 0.262. The van der Waals surface area contributed by atoms with Gasteiger partial charge < -0.3 is 9.63 Å². The molecule has 0 unspecified atom stereocenters. The fourth-order valence-electron chi connectivity index (χ4n) is 3.43. The molecule has 22 heavy (non-hydrogen) atoms. The summed E-state index contributed by atoms with van der Waals surface area (Å²) in [6.45, 7) is 2.89. The first-order valence-electron chi connectivity index (χ1n) is 8.26. The van der Waals surface area contributed by atoms with Crippen LogP contribution in [-0.4, -0.2) is 28.3 Å². The van der Waals surface area contributed by atoms with Gasteiger partial charge >= 0.3 is 0 Å². The van der Waals surface area contributed by atoms with Gasteiger partial charge in [-0.1, -0.05) is 17.6 Å². The van der Waals surface area contributed by atoms with Crippen molar-refractivity contribution in [3.05, 3.63) is 46.8 Å². The van der Waals surface area contributed by atoms with Crippen LogP contribution in [0.1, 0.15) is 47.8 Å². The first kappa shape index (κ1) is 13.8. The molecule has 0 radical (unpaired) electrons. The maximum absolute atomic E-state index is 9.63. The number of fused-ring (bicyclic) bond motifs is 1. The van der Waals surface area contributed by atoms with Crippen LogP contribution in [0.3, 0.4) is 0 Å². The Hall–Kier alpha value is -1.81. The second-order valence-electron chi connectivity index (χ2n) is 6.58. The minimum Gasteiger partial charge on any atom is -0.508 e. The van der Waals surface area contributed by atoms with E-state index in [1.54, 1.807) is 6.07 Å². The molecule has 0 amide bonds. The van der Waals surface area contributed by atoms with Gasteiger partial charge in [0.25, 0.3) is 0 Å². The van der Waals surface area contributed by atoms with Crippen molar-refractivity contribution >= 4 is 0 Å². The van der Waals surface area contributed by atoms with Crippen molar-refractivity contribution in [1.82, 2.24) is 10.1 Å². The highest BCUT2D eigenvalue weighted by atomic mass is 16.5. The Labute approximate surface area is 130 Å². The maximum Gasteiger partial charge on any atom is 0.140 e. The molecule has 1 aliphatic carbocycles. The zero-order valence-corrected chi connectivity index (χ0v) is 12.8. The Balaban J connectivity index is 1.41. The summed E-state index contributed by atoms with van der Waals surface area (Å²) in [4.78, 5) is 2.43. The molecule has 0 atom stereocenters. The smallest absolute Gasteiger partial charge is 0.140 e. The van der Waals surface area contributed by atoms with Gasteiger partial charge in [0, 0.05) is 31.6 Å². The molecule has 1 aromatic carbocycles. The summed E-state index contributed by atoms with van der Waals surface area (Å²) in [5.74, 6) is 2.05. The summed E-state index contributed by atoms with van der Waals surface area (Å²) in [6.07, 6.45) is 5.83. The van der Waals surface area contributed by atoms with E-state index in [1.807, 2.05) is 6.07 Å². The summed E-state index contributed by atoms with van der Waals surface area (Å²) in [6, 6.07) is 7.90. The predicted molar refractivity (Wildman–Crippen MR) is 83.9 cm³/mol. The lowest BCUT2D eigenvalue weighted by Crippen LogP contribution is -2.26. The minimum atomic E-state index is 0.369. The van der Waals surface area contributed by atoms with Crippen LogP contribution in [0.2, 0.25) is 0 Å². The van der Waals surface area contributed by atoms with Crippen LogP contribution in [0.25, 0.3) is 0 Å². The molecule has 0 spiro atoms. The molecular formula is C18H22N2O2. The fraction of sp³-hybridized carbons (Fsp3) is 0.500. The molecule has 1 N–H and O–H groups in total. The van der Waals surface area contributed by atoms with E-state index in [-0.39, 0.29) is 0 Å². The van der Waals surface area contributed by atoms with Crippen LogP contribution < -0.4 is 0 Å². The van der Waals surface area contributed by atoms with Crippen molar-refractivity contribution in [3.8, 4) is 5.75 Å². The number of aromatic hydroxyl groups is 1. The molecule has 0 saturated heterocycles. The molecule has 1 saturated carbocycles. The number of aromatic nitrogens is 1. The normalized spacial score (nSPS) is 19.5. The van der Waals surface area contributed by atoms with E-state index in [9.17, 15) is 5.11 Å². The number of benzene rings is 1. The fourth-order valence-corrected chi connectivity index (χ4v) is 3.43. The Morgan fingerprint density at radius 1 is 1.14 bits per heavy atom. The van der Waals surface area contributed by atoms with Gasteiger partial charge in [-0.2, -0.15) is 0 Å². The lowest BCUT2D eigenvalue weighted by Gasteiger charge is -2.21. The van der Waals surface area contributed by atoms with Crippen molar-refractivity contribution in [3.63, 3.8) is 0 Å².